The van der Waals surface area contributed by atoms with Crippen LogP contribution in [0.4, 0.5) is 5.69 Å². The molecule has 1 heterocycles. The fraction of sp³-hybridized carbons (Fsp3) is 0.160. The lowest BCUT2D eigenvalue weighted by Crippen LogP contribution is -2.20. The van der Waals surface area contributed by atoms with E-state index in [0.29, 0.717) is 11.7 Å². The van der Waals surface area contributed by atoms with Crippen LogP contribution in [0.25, 0.3) is 11.0 Å². The van der Waals surface area contributed by atoms with E-state index in [-0.39, 0.29) is 0 Å². The van der Waals surface area contributed by atoms with Crippen LogP contribution < -0.4 is 10.2 Å². The second kappa shape index (κ2) is 10.2. The van der Waals surface area contributed by atoms with Gasteiger partial charge in [0.1, 0.15) is 5.75 Å². The van der Waals surface area contributed by atoms with E-state index in [1.165, 1.54) is 0 Å². The predicted octanol–water partition coefficient (Wildman–Crippen LogP) is 5.44. The third-order valence-electron chi connectivity index (χ3n) is 4.64. The molecule has 0 unspecified atom stereocenters. The van der Waals surface area contributed by atoms with Gasteiger partial charge in [-0.05, 0) is 60.5 Å². The number of para-hydroxylation sites is 3. The Morgan fingerprint density at radius 2 is 1.77 bits per heavy atom. The Kier molecular flexibility index (Phi) is 6.70. The van der Waals surface area contributed by atoms with Gasteiger partial charge in [-0.15, -0.1) is 0 Å². The van der Waals surface area contributed by atoms with Crippen molar-refractivity contribution in [3.05, 3.63) is 90.3 Å². The number of ether oxygens (including phenoxy) is 1. The van der Waals surface area contributed by atoms with Crippen molar-refractivity contribution in [3.63, 3.8) is 0 Å². The molecular formula is C25H25N5O. The van der Waals surface area contributed by atoms with Gasteiger partial charge in [0.05, 0.1) is 29.5 Å². The molecule has 0 aliphatic heterocycles. The summed E-state index contributed by atoms with van der Waals surface area (Å²) in [4.78, 5) is 12.6. The van der Waals surface area contributed by atoms with Crippen molar-refractivity contribution in [2.24, 2.45) is 10.1 Å². The van der Waals surface area contributed by atoms with Gasteiger partial charge in [-0.25, -0.2) is 9.98 Å². The van der Waals surface area contributed by atoms with Gasteiger partial charge in [0, 0.05) is 0 Å². The largest absolute Gasteiger partial charge is 0.494 e. The minimum atomic E-state index is 0.540. The molecule has 6 heteroatoms. The summed E-state index contributed by atoms with van der Waals surface area (Å²) in [5.74, 6) is 2.03. The van der Waals surface area contributed by atoms with Crippen LogP contribution >= 0.6 is 0 Å². The smallest absolute Gasteiger partial charge is 0.190 e. The lowest BCUT2D eigenvalue weighted by atomic mass is 10.2. The number of hydrogen-bond donors (Lipinski definition) is 2. The lowest BCUT2D eigenvalue weighted by molar-refractivity contribution is 0.309. The number of unbranched alkanes of at least 4 members (excludes halogenated alkanes) is 1. The number of nitrogens with one attached hydrogen (secondary N) is 2. The number of aromatic nitrogens is 2. The standard InChI is InChI=1S/C25H25N5O/c1-2-3-17-31-21-15-13-19(14-16-21)18-26-30-25(27-20-9-5-4-6-10-20)24-28-22-11-7-8-12-23(22)29-24/h4-16,18H,2-3,17H2,1H3,(H,27,30)(H,28,29). The Morgan fingerprint density at radius 3 is 2.55 bits per heavy atom. The average Bonchev–Trinajstić information content (AvgIpc) is 3.25. The van der Waals surface area contributed by atoms with E-state index in [2.05, 4.69) is 32.4 Å². The van der Waals surface area contributed by atoms with Crippen LogP contribution in [-0.2, 0) is 0 Å². The predicted molar refractivity (Wildman–Crippen MR) is 126 cm³/mol. The second-order valence-corrected chi connectivity index (χ2v) is 7.04. The normalized spacial score (nSPS) is 11.8. The van der Waals surface area contributed by atoms with E-state index in [9.17, 15) is 0 Å². The van der Waals surface area contributed by atoms with Crippen LogP contribution in [0.2, 0.25) is 0 Å². The van der Waals surface area contributed by atoms with Crippen molar-refractivity contribution in [3.8, 4) is 5.75 Å². The maximum absolute atomic E-state index is 5.71. The number of hydrazone groups is 1. The van der Waals surface area contributed by atoms with Gasteiger partial charge in [-0.1, -0.05) is 43.7 Å². The molecule has 0 fully saturated rings. The topological polar surface area (TPSA) is 74.7 Å². The molecule has 1 aromatic heterocycles. The molecule has 2 N–H and O–H groups in total. The Balaban J connectivity index is 1.52. The molecule has 4 rings (SSSR count). The number of amidine groups is 1. The Bertz CT molecular complexity index is 1130. The Morgan fingerprint density at radius 1 is 1.00 bits per heavy atom. The first-order chi connectivity index (χ1) is 15.3. The molecule has 0 radical (unpaired) electrons. The summed E-state index contributed by atoms with van der Waals surface area (Å²) >= 11 is 0. The fourth-order valence-corrected chi connectivity index (χ4v) is 2.98. The van der Waals surface area contributed by atoms with Crippen LogP contribution in [0.15, 0.2) is 89.0 Å². The number of nitrogens with zero attached hydrogens (tertiary/aromatic N) is 3. The zero-order valence-electron chi connectivity index (χ0n) is 17.5. The van der Waals surface area contributed by atoms with Gasteiger partial charge < -0.3 is 9.72 Å². The van der Waals surface area contributed by atoms with Crippen LogP contribution in [0.5, 0.6) is 5.75 Å². The molecule has 4 aromatic rings. The van der Waals surface area contributed by atoms with E-state index in [1.54, 1.807) is 6.21 Å². The molecule has 31 heavy (non-hydrogen) atoms. The van der Waals surface area contributed by atoms with E-state index in [0.717, 1.165) is 47.5 Å². The quantitative estimate of drug-likeness (QED) is 0.175. The molecule has 0 aliphatic rings. The van der Waals surface area contributed by atoms with Gasteiger partial charge in [-0.3, -0.25) is 5.43 Å². The molecule has 0 spiro atoms. The Labute approximate surface area is 181 Å². The number of hydrogen-bond acceptors (Lipinski definition) is 4. The maximum atomic E-state index is 5.71. The minimum Gasteiger partial charge on any atom is -0.494 e. The van der Waals surface area contributed by atoms with Crippen molar-refractivity contribution in [2.75, 3.05) is 6.61 Å². The summed E-state index contributed by atoms with van der Waals surface area (Å²) in [6.45, 7) is 2.89. The number of imidazole rings is 1. The van der Waals surface area contributed by atoms with Crippen molar-refractivity contribution in [2.45, 2.75) is 19.8 Å². The summed E-state index contributed by atoms with van der Waals surface area (Å²) in [5.41, 5.74) is 6.64. The zero-order chi connectivity index (χ0) is 21.3. The summed E-state index contributed by atoms with van der Waals surface area (Å²) < 4.78 is 5.71. The number of aromatic amines is 1. The summed E-state index contributed by atoms with van der Waals surface area (Å²) in [6, 6.07) is 25.5. The fourth-order valence-electron chi connectivity index (χ4n) is 2.98. The molecule has 0 saturated carbocycles. The number of aliphatic imine (C=N–C) groups is 1. The monoisotopic (exact) mass is 411 g/mol. The van der Waals surface area contributed by atoms with Crippen molar-refractivity contribution in [1.29, 1.82) is 0 Å². The highest BCUT2D eigenvalue weighted by Gasteiger charge is 2.09. The highest BCUT2D eigenvalue weighted by molar-refractivity contribution is 6.00. The molecule has 0 atom stereocenters. The van der Waals surface area contributed by atoms with Crippen molar-refractivity contribution in [1.82, 2.24) is 15.4 Å². The Hall–Kier alpha value is -3.93. The van der Waals surface area contributed by atoms with Crippen molar-refractivity contribution < 1.29 is 4.74 Å². The maximum Gasteiger partial charge on any atom is 0.190 e. The number of H-pyrrole nitrogens is 1. The number of rotatable bonds is 8. The highest BCUT2D eigenvalue weighted by Crippen LogP contribution is 2.15. The number of fused-ring (bicyclic) bond motifs is 1. The van der Waals surface area contributed by atoms with Crippen LogP contribution in [0.3, 0.4) is 0 Å². The van der Waals surface area contributed by atoms with E-state index < -0.39 is 0 Å². The van der Waals surface area contributed by atoms with Crippen molar-refractivity contribution >= 4 is 28.8 Å². The van der Waals surface area contributed by atoms with E-state index in [1.807, 2.05) is 78.9 Å². The molecule has 0 saturated heterocycles. The third kappa shape index (κ3) is 5.57. The highest BCUT2D eigenvalue weighted by atomic mass is 16.5. The molecule has 0 amide bonds. The average molecular weight is 412 g/mol. The molecule has 3 aromatic carbocycles. The van der Waals surface area contributed by atoms with Gasteiger partial charge in [-0.2, -0.15) is 5.10 Å². The molecule has 6 nitrogen and oxygen atoms in total. The minimum absolute atomic E-state index is 0.540. The van der Waals surface area contributed by atoms with Gasteiger partial charge in [0.15, 0.2) is 11.7 Å². The molecule has 156 valence electrons. The summed E-state index contributed by atoms with van der Waals surface area (Å²) in [7, 11) is 0. The number of benzene rings is 3. The van der Waals surface area contributed by atoms with Gasteiger partial charge >= 0.3 is 0 Å². The summed E-state index contributed by atoms with van der Waals surface area (Å²) in [6.07, 6.45) is 3.92. The molecular weight excluding hydrogens is 386 g/mol. The van der Waals surface area contributed by atoms with Crippen LogP contribution in [0.1, 0.15) is 31.2 Å². The van der Waals surface area contributed by atoms with Gasteiger partial charge in [0.25, 0.3) is 0 Å². The molecule has 0 bridgehead atoms. The first-order valence-electron chi connectivity index (χ1n) is 10.4. The van der Waals surface area contributed by atoms with E-state index >= 15 is 0 Å². The second-order valence-electron chi connectivity index (χ2n) is 7.04. The third-order valence-corrected chi connectivity index (χ3v) is 4.64. The molecule has 0 aliphatic carbocycles. The lowest BCUT2D eigenvalue weighted by Gasteiger charge is -2.05. The van der Waals surface area contributed by atoms with Gasteiger partial charge in [0.2, 0.25) is 0 Å². The first kappa shape index (κ1) is 20.3. The zero-order valence-corrected chi connectivity index (χ0v) is 17.5. The summed E-state index contributed by atoms with van der Waals surface area (Å²) in [5, 5.41) is 4.38. The first-order valence-corrected chi connectivity index (χ1v) is 10.4. The van der Waals surface area contributed by atoms with Crippen LogP contribution in [-0.4, -0.2) is 28.6 Å². The van der Waals surface area contributed by atoms with Crippen LogP contribution in [0, 0.1) is 0 Å². The SMILES string of the molecule is CCCCOc1ccc(C=NNC(=Nc2ccccc2)c2nc3ccccc3[nH]2)cc1. The van der Waals surface area contributed by atoms with E-state index in [4.69, 9.17) is 4.74 Å².